The smallest absolute Gasteiger partial charge is 0.325 e. The van der Waals surface area contributed by atoms with E-state index in [9.17, 15) is 17.2 Å². The average molecular weight is 299 g/mol. The lowest BCUT2D eigenvalue weighted by Crippen LogP contribution is -2.22. The monoisotopic (exact) mass is 298 g/mol. The number of hydrogen-bond donors (Lipinski definition) is 0. The van der Waals surface area contributed by atoms with Crippen LogP contribution < -0.4 is 0 Å². The van der Waals surface area contributed by atoms with Crippen molar-refractivity contribution in [2.45, 2.75) is 0 Å². The van der Waals surface area contributed by atoms with Gasteiger partial charge in [0, 0.05) is 20.2 Å². The Morgan fingerprint density at radius 3 is 2.44 bits per heavy atom. The molecule has 0 atom stereocenters. The molecule has 0 spiro atoms. The van der Waals surface area contributed by atoms with Gasteiger partial charge in [-0.15, -0.1) is 4.40 Å². The molecule has 0 aliphatic carbocycles. The first-order valence-electron chi connectivity index (χ1n) is 4.54. The van der Waals surface area contributed by atoms with Gasteiger partial charge in [0.1, 0.15) is 23.5 Å². The Hall–Kier alpha value is -1.25. The van der Waals surface area contributed by atoms with Gasteiger partial charge >= 0.3 is 10.2 Å². The summed E-state index contributed by atoms with van der Waals surface area (Å²) in [7, 11) is -1.58. The van der Waals surface area contributed by atoms with Gasteiger partial charge in [-0.3, -0.25) is 0 Å². The first-order valence-corrected chi connectivity index (χ1v) is 6.25. The van der Waals surface area contributed by atoms with E-state index in [2.05, 4.69) is 8.69 Å². The first-order chi connectivity index (χ1) is 8.27. The van der Waals surface area contributed by atoms with Crippen LogP contribution in [0.5, 0.6) is 0 Å². The van der Waals surface area contributed by atoms with Crippen LogP contribution in [-0.4, -0.2) is 32.7 Å². The summed E-state index contributed by atoms with van der Waals surface area (Å²) in [6.45, 7) is 0. The first kappa shape index (κ1) is 14.8. The van der Waals surface area contributed by atoms with Gasteiger partial charge in [0.05, 0.1) is 5.56 Å². The zero-order valence-corrected chi connectivity index (χ0v) is 11.0. The topological polar surface area (TPSA) is 59.0 Å². The maximum atomic E-state index is 13.4. The van der Waals surface area contributed by atoms with Crippen LogP contribution in [-0.2, 0) is 14.5 Å². The van der Waals surface area contributed by atoms with Gasteiger partial charge in [-0.05, 0) is 12.1 Å². The SMILES string of the molecule is CN(C)S(=O)(=O)N=C(OCl)c1ccc(F)cc1F. The molecule has 0 amide bonds. The van der Waals surface area contributed by atoms with Crippen LogP contribution in [0.1, 0.15) is 5.56 Å². The highest BCUT2D eigenvalue weighted by molar-refractivity contribution is 7.87. The molecule has 0 bridgehead atoms. The van der Waals surface area contributed by atoms with Gasteiger partial charge < -0.3 is 4.29 Å². The Bertz CT molecular complexity index is 575. The number of benzene rings is 1. The van der Waals surface area contributed by atoms with Crippen molar-refractivity contribution in [2.75, 3.05) is 14.1 Å². The van der Waals surface area contributed by atoms with Gasteiger partial charge in [0.15, 0.2) is 0 Å². The van der Waals surface area contributed by atoms with E-state index in [4.69, 9.17) is 11.9 Å². The second-order valence-electron chi connectivity index (χ2n) is 3.36. The van der Waals surface area contributed by atoms with Crippen LogP contribution in [0.3, 0.4) is 0 Å². The third kappa shape index (κ3) is 3.37. The highest BCUT2D eigenvalue weighted by Crippen LogP contribution is 2.14. The van der Waals surface area contributed by atoms with Gasteiger partial charge in [0.25, 0.3) is 5.90 Å². The molecule has 0 aliphatic rings. The standard InChI is InChI=1S/C9H9ClF2N2O3S/c1-14(2)18(15,16)13-9(17-10)7-4-3-6(11)5-8(7)12/h3-5H,1-2H3. The molecule has 5 nitrogen and oxygen atoms in total. The van der Waals surface area contributed by atoms with Crippen LogP contribution in [0.2, 0.25) is 0 Å². The second kappa shape index (κ2) is 5.59. The van der Waals surface area contributed by atoms with Crippen molar-refractivity contribution >= 4 is 28.0 Å². The summed E-state index contributed by atoms with van der Waals surface area (Å²) in [6, 6.07) is 2.45. The van der Waals surface area contributed by atoms with E-state index in [-0.39, 0.29) is 5.56 Å². The molecule has 0 aliphatic heterocycles. The molecule has 0 fully saturated rings. The zero-order valence-electron chi connectivity index (χ0n) is 9.39. The second-order valence-corrected chi connectivity index (χ2v) is 5.32. The highest BCUT2D eigenvalue weighted by atomic mass is 35.5. The quantitative estimate of drug-likeness (QED) is 0.630. The molecular weight excluding hydrogens is 290 g/mol. The number of halogens is 3. The number of nitrogens with zero attached hydrogens (tertiary/aromatic N) is 2. The van der Waals surface area contributed by atoms with Crippen molar-refractivity contribution in [1.82, 2.24) is 4.31 Å². The van der Waals surface area contributed by atoms with Crippen LogP contribution >= 0.6 is 11.9 Å². The maximum Gasteiger partial charge on any atom is 0.325 e. The summed E-state index contributed by atoms with van der Waals surface area (Å²) >= 11 is 5.05. The van der Waals surface area contributed by atoms with E-state index in [0.29, 0.717) is 6.07 Å². The molecule has 1 rings (SSSR count). The number of rotatable bonds is 3. The maximum absolute atomic E-state index is 13.4. The van der Waals surface area contributed by atoms with Crippen molar-refractivity contribution in [3.05, 3.63) is 35.4 Å². The Morgan fingerprint density at radius 2 is 2.00 bits per heavy atom. The van der Waals surface area contributed by atoms with Crippen molar-refractivity contribution in [3.8, 4) is 0 Å². The Balaban J connectivity index is 3.31. The summed E-state index contributed by atoms with van der Waals surface area (Å²) in [5, 5.41) is 0. The lowest BCUT2D eigenvalue weighted by molar-refractivity contribution is 0.519. The minimum absolute atomic E-state index is 0.364. The highest BCUT2D eigenvalue weighted by Gasteiger charge is 2.19. The molecule has 0 heterocycles. The fourth-order valence-electron chi connectivity index (χ4n) is 0.954. The molecule has 0 saturated heterocycles. The summed E-state index contributed by atoms with van der Waals surface area (Å²) in [5.74, 6) is -2.54. The van der Waals surface area contributed by atoms with Gasteiger partial charge in [0.2, 0.25) is 0 Å². The van der Waals surface area contributed by atoms with E-state index in [1.54, 1.807) is 0 Å². The van der Waals surface area contributed by atoms with Crippen LogP contribution in [0.25, 0.3) is 0 Å². The third-order valence-electron chi connectivity index (χ3n) is 1.89. The average Bonchev–Trinajstić information content (AvgIpc) is 2.26. The number of hydrogen-bond acceptors (Lipinski definition) is 3. The Morgan fingerprint density at radius 1 is 1.39 bits per heavy atom. The molecule has 9 heteroatoms. The molecule has 0 radical (unpaired) electrons. The molecule has 0 aromatic heterocycles. The summed E-state index contributed by atoms with van der Waals surface area (Å²) in [4.78, 5) is 0. The molecule has 0 N–H and O–H groups in total. The minimum Gasteiger partial charge on any atom is -0.363 e. The van der Waals surface area contributed by atoms with Gasteiger partial charge in [-0.2, -0.15) is 12.7 Å². The third-order valence-corrected chi connectivity index (χ3v) is 3.36. The van der Waals surface area contributed by atoms with E-state index in [0.717, 1.165) is 16.4 Å². The lowest BCUT2D eigenvalue weighted by Gasteiger charge is -2.08. The molecular formula is C9H9ClF2N2O3S. The fraction of sp³-hybridized carbons (Fsp3) is 0.222. The van der Waals surface area contributed by atoms with Gasteiger partial charge in [-0.25, -0.2) is 8.78 Å². The predicted octanol–water partition coefficient (Wildman–Crippen LogP) is 1.69. The Labute approximate surface area is 108 Å². The summed E-state index contributed by atoms with van der Waals surface area (Å²) in [6.07, 6.45) is 0. The van der Waals surface area contributed by atoms with E-state index >= 15 is 0 Å². The fourth-order valence-corrected chi connectivity index (χ4v) is 1.62. The van der Waals surface area contributed by atoms with Crippen molar-refractivity contribution < 1.29 is 21.5 Å². The molecule has 18 heavy (non-hydrogen) atoms. The van der Waals surface area contributed by atoms with Crippen molar-refractivity contribution in [3.63, 3.8) is 0 Å². The van der Waals surface area contributed by atoms with Crippen LogP contribution in [0.4, 0.5) is 8.78 Å². The molecule has 0 unspecified atom stereocenters. The van der Waals surface area contributed by atoms with Crippen LogP contribution in [0.15, 0.2) is 22.6 Å². The molecule has 100 valence electrons. The summed E-state index contributed by atoms with van der Waals surface area (Å²) < 4.78 is 57.2. The van der Waals surface area contributed by atoms with Crippen molar-refractivity contribution in [1.29, 1.82) is 0 Å². The van der Waals surface area contributed by atoms with E-state index < -0.39 is 27.7 Å². The normalized spacial score (nSPS) is 12.9. The largest absolute Gasteiger partial charge is 0.363 e. The lowest BCUT2D eigenvalue weighted by atomic mass is 10.2. The molecule has 1 aromatic carbocycles. The van der Waals surface area contributed by atoms with Gasteiger partial charge in [-0.1, -0.05) is 0 Å². The predicted molar refractivity (Wildman–Crippen MR) is 62.4 cm³/mol. The summed E-state index contributed by atoms with van der Waals surface area (Å²) in [5.41, 5.74) is -0.364. The minimum atomic E-state index is -4.03. The Kier molecular flexibility index (Phi) is 4.60. The molecule has 0 saturated carbocycles. The molecule has 1 aromatic rings. The van der Waals surface area contributed by atoms with Crippen LogP contribution in [0, 0.1) is 11.6 Å². The van der Waals surface area contributed by atoms with Crippen molar-refractivity contribution in [2.24, 2.45) is 4.40 Å². The zero-order chi connectivity index (χ0) is 13.9. The van der Waals surface area contributed by atoms with E-state index in [1.165, 1.54) is 14.1 Å². The van der Waals surface area contributed by atoms with E-state index in [1.807, 2.05) is 0 Å².